The van der Waals surface area contributed by atoms with E-state index in [1.165, 1.54) is 0 Å². The molecular weight excluding hydrogens is 150 g/mol. The van der Waals surface area contributed by atoms with Gasteiger partial charge >= 0.3 is 0 Å². The van der Waals surface area contributed by atoms with Crippen LogP contribution in [-0.2, 0) is 4.74 Å². The number of ether oxygens (including phenoxy) is 1. The molecule has 0 aromatic heterocycles. The molecule has 5 N–H and O–H groups in total. The fraction of sp³-hybridized carbons (Fsp3) is 1.00. The van der Waals surface area contributed by atoms with E-state index in [0.29, 0.717) is 0 Å². The SMILES string of the molecule is NC[C@H]1CO[C@@H](O)[C@@H](O)[C@@H]1O. The van der Waals surface area contributed by atoms with Crippen LogP contribution in [-0.4, -0.2) is 47.0 Å². The maximum absolute atomic E-state index is 9.24. The number of nitrogens with two attached hydrogens (primary N) is 1. The van der Waals surface area contributed by atoms with Crippen molar-refractivity contribution >= 4 is 0 Å². The first-order chi connectivity index (χ1) is 5.16. The third-order valence-electron chi connectivity index (χ3n) is 1.91. The Bertz CT molecular complexity index is 130. The van der Waals surface area contributed by atoms with Crippen molar-refractivity contribution in [2.24, 2.45) is 11.7 Å². The Morgan fingerprint density at radius 2 is 1.91 bits per heavy atom. The van der Waals surface area contributed by atoms with Crippen LogP contribution in [0.4, 0.5) is 0 Å². The number of aliphatic hydroxyl groups is 3. The molecule has 11 heavy (non-hydrogen) atoms. The monoisotopic (exact) mass is 163 g/mol. The summed E-state index contributed by atoms with van der Waals surface area (Å²) >= 11 is 0. The first-order valence-electron chi connectivity index (χ1n) is 3.52. The molecule has 0 saturated carbocycles. The highest BCUT2D eigenvalue weighted by Gasteiger charge is 2.36. The van der Waals surface area contributed by atoms with Gasteiger partial charge in [-0.1, -0.05) is 0 Å². The molecule has 0 aromatic carbocycles. The Hall–Kier alpha value is -0.200. The lowest BCUT2D eigenvalue weighted by atomic mass is 9.96. The Labute approximate surface area is 64.4 Å². The fourth-order valence-corrected chi connectivity index (χ4v) is 1.07. The van der Waals surface area contributed by atoms with Crippen molar-refractivity contribution in [1.82, 2.24) is 0 Å². The van der Waals surface area contributed by atoms with E-state index >= 15 is 0 Å². The highest BCUT2D eigenvalue weighted by molar-refractivity contribution is 4.82. The summed E-state index contributed by atoms with van der Waals surface area (Å²) in [6.07, 6.45) is -3.51. The van der Waals surface area contributed by atoms with E-state index in [-0.39, 0.29) is 19.1 Å². The smallest absolute Gasteiger partial charge is 0.183 e. The number of hydrogen-bond acceptors (Lipinski definition) is 5. The zero-order chi connectivity index (χ0) is 8.43. The molecule has 0 spiro atoms. The van der Waals surface area contributed by atoms with Gasteiger partial charge in [0, 0.05) is 5.92 Å². The van der Waals surface area contributed by atoms with Crippen LogP contribution in [0.5, 0.6) is 0 Å². The molecule has 5 heteroatoms. The molecule has 0 bridgehead atoms. The van der Waals surface area contributed by atoms with Crippen LogP contribution in [0.3, 0.4) is 0 Å². The van der Waals surface area contributed by atoms with Gasteiger partial charge in [0.25, 0.3) is 0 Å². The molecular formula is C6H13NO4. The van der Waals surface area contributed by atoms with Gasteiger partial charge in [0.2, 0.25) is 0 Å². The van der Waals surface area contributed by atoms with Crippen molar-refractivity contribution in [3.8, 4) is 0 Å². The molecule has 1 saturated heterocycles. The summed E-state index contributed by atoms with van der Waals surface area (Å²) in [7, 11) is 0. The van der Waals surface area contributed by atoms with Crippen molar-refractivity contribution in [2.75, 3.05) is 13.2 Å². The lowest BCUT2D eigenvalue weighted by molar-refractivity contribution is -0.237. The van der Waals surface area contributed by atoms with E-state index in [2.05, 4.69) is 0 Å². The van der Waals surface area contributed by atoms with Crippen LogP contribution in [0.15, 0.2) is 0 Å². The molecule has 1 rings (SSSR count). The summed E-state index contributed by atoms with van der Waals surface area (Å²) in [5.41, 5.74) is 5.27. The third kappa shape index (κ3) is 1.69. The van der Waals surface area contributed by atoms with Crippen LogP contribution in [0.1, 0.15) is 0 Å². The van der Waals surface area contributed by atoms with Gasteiger partial charge < -0.3 is 25.8 Å². The van der Waals surface area contributed by atoms with E-state index in [1.807, 2.05) is 0 Å². The third-order valence-corrected chi connectivity index (χ3v) is 1.91. The van der Waals surface area contributed by atoms with Crippen LogP contribution in [0.25, 0.3) is 0 Å². The van der Waals surface area contributed by atoms with E-state index in [4.69, 9.17) is 20.7 Å². The second kappa shape index (κ2) is 3.46. The molecule has 0 unspecified atom stereocenters. The Balaban J connectivity index is 2.52. The molecule has 0 amide bonds. The van der Waals surface area contributed by atoms with Crippen molar-refractivity contribution in [3.63, 3.8) is 0 Å². The standard InChI is InChI=1S/C6H13NO4/c7-1-3-2-11-6(10)5(9)4(3)8/h3-6,8-10H,1-2,7H2/t3-,4+,5-,6+/m0/s1. The van der Waals surface area contributed by atoms with Crippen LogP contribution in [0, 0.1) is 5.92 Å². The zero-order valence-corrected chi connectivity index (χ0v) is 6.05. The zero-order valence-electron chi connectivity index (χ0n) is 6.05. The summed E-state index contributed by atoms with van der Waals surface area (Å²) in [6, 6.07) is 0. The fourth-order valence-electron chi connectivity index (χ4n) is 1.07. The van der Waals surface area contributed by atoms with Gasteiger partial charge in [-0.25, -0.2) is 0 Å². The lowest BCUT2D eigenvalue weighted by Crippen LogP contribution is -2.51. The average molecular weight is 163 g/mol. The quantitative estimate of drug-likeness (QED) is 0.346. The van der Waals surface area contributed by atoms with Gasteiger partial charge in [-0.2, -0.15) is 0 Å². The van der Waals surface area contributed by atoms with Gasteiger partial charge in [0.15, 0.2) is 6.29 Å². The minimum absolute atomic E-state index is 0.190. The molecule has 5 nitrogen and oxygen atoms in total. The van der Waals surface area contributed by atoms with Crippen LogP contribution in [0.2, 0.25) is 0 Å². The molecule has 0 aliphatic carbocycles. The van der Waals surface area contributed by atoms with Gasteiger partial charge in [-0.3, -0.25) is 0 Å². The van der Waals surface area contributed by atoms with Gasteiger partial charge in [-0.15, -0.1) is 0 Å². The normalized spacial score (nSPS) is 45.8. The molecule has 0 aromatic rings. The topological polar surface area (TPSA) is 95.9 Å². The highest BCUT2D eigenvalue weighted by atomic mass is 16.6. The lowest BCUT2D eigenvalue weighted by Gasteiger charge is -2.34. The number of rotatable bonds is 1. The summed E-state index contributed by atoms with van der Waals surface area (Å²) in [5, 5.41) is 27.2. The predicted octanol–water partition coefficient (Wildman–Crippen LogP) is -2.37. The largest absolute Gasteiger partial charge is 0.390 e. The Morgan fingerprint density at radius 1 is 1.27 bits per heavy atom. The molecule has 1 aliphatic heterocycles. The van der Waals surface area contributed by atoms with Gasteiger partial charge in [-0.05, 0) is 6.54 Å². The van der Waals surface area contributed by atoms with E-state index in [1.54, 1.807) is 0 Å². The average Bonchev–Trinajstić information content (AvgIpc) is 2.01. The Morgan fingerprint density at radius 3 is 2.45 bits per heavy atom. The summed E-state index contributed by atoms with van der Waals surface area (Å²) in [4.78, 5) is 0. The second-order valence-electron chi connectivity index (χ2n) is 2.70. The summed E-state index contributed by atoms with van der Waals surface area (Å²) in [5.74, 6) is -0.284. The van der Waals surface area contributed by atoms with Gasteiger partial charge in [0.1, 0.15) is 6.10 Å². The van der Waals surface area contributed by atoms with Crippen LogP contribution >= 0.6 is 0 Å². The summed E-state index contributed by atoms with van der Waals surface area (Å²) in [6.45, 7) is 0.431. The first kappa shape index (κ1) is 8.89. The van der Waals surface area contributed by atoms with E-state index in [0.717, 1.165) is 0 Å². The van der Waals surface area contributed by atoms with Crippen molar-refractivity contribution in [3.05, 3.63) is 0 Å². The van der Waals surface area contributed by atoms with Crippen molar-refractivity contribution < 1.29 is 20.1 Å². The highest BCUT2D eigenvalue weighted by Crippen LogP contribution is 2.17. The first-order valence-corrected chi connectivity index (χ1v) is 3.52. The number of aliphatic hydroxyl groups excluding tert-OH is 3. The van der Waals surface area contributed by atoms with Gasteiger partial charge in [0.05, 0.1) is 12.7 Å². The molecule has 1 fully saturated rings. The van der Waals surface area contributed by atoms with E-state index in [9.17, 15) is 5.11 Å². The van der Waals surface area contributed by atoms with E-state index < -0.39 is 18.5 Å². The molecule has 66 valence electrons. The molecule has 1 aliphatic rings. The molecule has 0 radical (unpaired) electrons. The number of hydrogen-bond donors (Lipinski definition) is 4. The van der Waals surface area contributed by atoms with Crippen molar-refractivity contribution in [1.29, 1.82) is 0 Å². The maximum Gasteiger partial charge on any atom is 0.183 e. The minimum Gasteiger partial charge on any atom is -0.390 e. The maximum atomic E-state index is 9.24. The van der Waals surface area contributed by atoms with Crippen LogP contribution < -0.4 is 5.73 Å². The second-order valence-corrected chi connectivity index (χ2v) is 2.70. The Kier molecular flexibility index (Phi) is 2.80. The van der Waals surface area contributed by atoms with Crippen molar-refractivity contribution in [2.45, 2.75) is 18.5 Å². The molecule has 4 atom stereocenters. The molecule has 1 heterocycles. The predicted molar refractivity (Wildman–Crippen MR) is 36.5 cm³/mol. The summed E-state index contributed by atoms with van der Waals surface area (Å²) < 4.78 is 4.73. The minimum atomic E-state index is -1.28.